The van der Waals surface area contributed by atoms with Crippen LogP contribution >= 0.6 is 15.9 Å². The Hall–Kier alpha value is -0.850. The van der Waals surface area contributed by atoms with Gasteiger partial charge in [-0.2, -0.15) is 18.3 Å². The molecular formula is C11H14BrF3N2O. The standard InChI is InChI=1S/C11H14BrF3N2O/c1-3-8-10(12)9(17(4-2)16-8)5-7(18)6-11(13,14)15/h3-6H2,1-2H3. The molecule has 102 valence electrons. The van der Waals surface area contributed by atoms with Gasteiger partial charge in [0.1, 0.15) is 12.2 Å². The molecule has 1 aromatic rings. The zero-order valence-electron chi connectivity index (χ0n) is 10.1. The van der Waals surface area contributed by atoms with Gasteiger partial charge in [-0.05, 0) is 29.3 Å². The molecule has 7 heteroatoms. The molecule has 0 saturated heterocycles. The largest absolute Gasteiger partial charge is 0.395 e. The van der Waals surface area contributed by atoms with Crippen LogP contribution in [0.2, 0.25) is 0 Å². The zero-order chi connectivity index (χ0) is 13.9. The number of nitrogens with zero attached hydrogens (tertiary/aromatic N) is 2. The molecule has 18 heavy (non-hydrogen) atoms. The highest BCUT2D eigenvalue weighted by atomic mass is 79.9. The quantitative estimate of drug-likeness (QED) is 0.832. The SMILES string of the molecule is CCc1nn(CC)c(CC(=O)CC(F)(F)F)c1Br. The van der Waals surface area contributed by atoms with Crippen molar-refractivity contribution in [1.29, 1.82) is 0 Å². The fraction of sp³-hybridized carbons (Fsp3) is 0.636. The van der Waals surface area contributed by atoms with Gasteiger partial charge in [-0.25, -0.2) is 0 Å². The Kier molecular flexibility index (Phi) is 4.95. The van der Waals surface area contributed by atoms with Crippen LogP contribution in [0.15, 0.2) is 4.47 Å². The summed E-state index contributed by atoms with van der Waals surface area (Å²) in [5, 5.41) is 4.23. The molecule has 0 amide bonds. The first kappa shape index (κ1) is 15.2. The summed E-state index contributed by atoms with van der Waals surface area (Å²) in [6, 6.07) is 0. The number of halogens is 4. The van der Waals surface area contributed by atoms with Gasteiger partial charge in [-0.15, -0.1) is 0 Å². The van der Waals surface area contributed by atoms with E-state index in [2.05, 4.69) is 21.0 Å². The van der Waals surface area contributed by atoms with Crippen molar-refractivity contribution in [3.8, 4) is 0 Å². The van der Waals surface area contributed by atoms with E-state index in [4.69, 9.17) is 0 Å². The van der Waals surface area contributed by atoms with E-state index in [1.165, 1.54) is 0 Å². The van der Waals surface area contributed by atoms with Gasteiger partial charge in [-0.1, -0.05) is 6.92 Å². The molecule has 0 saturated carbocycles. The van der Waals surface area contributed by atoms with Crippen LogP contribution in [0.5, 0.6) is 0 Å². The lowest BCUT2D eigenvalue weighted by Crippen LogP contribution is -2.18. The summed E-state index contributed by atoms with van der Waals surface area (Å²) >= 11 is 3.29. The fourth-order valence-corrected chi connectivity index (χ4v) is 2.36. The zero-order valence-corrected chi connectivity index (χ0v) is 11.7. The first-order valence-electron chi connectivity index (χ1n) is 5.61. The number of rotatable bonds is 5. The average Bonchev–Trinajstić information content (AvgIpc) is 2.53. The number of carbonyl (C=O) groups excluding carboxylic acids is 1. The average molecular weight is 327 g/mol. The monoisotopic (exact) mass is 326 g/mol. The Morgan fingerprint density at radius 2 is 2.00 bits per heavy atom. The summed E-state index contributed by atoms with van der Waals surface area (Å²) in [6.07, 6.45) is -5.43. The van der Waals surface area contributed by atoms with Gasteiger partial charge in [0.2, 0.25) is 0 Å². The Bertz CT molecular complexity index is 440. The number of carbonyl (C=O) groups is 1. The van der Waals surface area contributed by atoms with E-state index < -0.39 is 18.4 Å². The molecule has 0 radical (unpaired) electrons. The molecule has 0 aliphatic carbocycles. The second-order valence-corrected chi connectivity index (χ2v) is 4.68. The number of Topliss-reactive ketones (excluding diaryl/α,β-unsaturated/α-hetero) is 1. The van der Waals surface area contributed by atoms with Gasteiger partial charge in [0.15, 0.2) is 0 Å². The van der Waals surface area contributed by atoms with Crippen molar-refractivity contribution in [2.24, 2.45) is 0 Å². The van der Waals surface area contributed by atoms with Crippen molar-refractivity contribution in [3.63, 3.8) is 0 Å². The lowest BCUT2D eigenvalue weighted by atomic mass is 10.1. The fourth-order valence-electron chi connectivity index (χ4n) is 1.66. The minimum atomic E-state index is -4.45. The van der Waals surface area contributed by atoms with E-state index in [1.807, 2.05) is 13.8 Å². The molecule has 0 atom stereocenters. The van der Waals surface area contributed by atoms with Gasteiger partial charge in [0, 0.05) is 13.0 Å². The molecule has 0 aliphatic heterocycles. The van der Waals surface area contributed by atoms with Crippen molar-refractivity contribution in [2.75, 3.05) is 0 Å². The number of aryl methyl sites for hydroxylation is 2. The van der Waals surface area contributed by atoms with E-state index >= 15 is 0 Å². The number of hydrogen-bond acceptors (Lipinski definition) is 2. The maximum atomic E-state index is 12.1. The first-order valence-corrected chi connectivity index (χ1v) is 6.40. The van der Waals surface area contributed by atoms with Gasteiger partial charge in [0.25, 0.3) is 0 Å². The third-order valence-corrected chi connectivity index (χ3v) is 3.37. The summed E-state index contributed by atoms with van der Waals surface area (Å²) in [5.41, 5.74) is 1.27. The van der Waals surface area contributed by atoms with Crippen LogP contribution in [0.25, 0.3) is 0 Å². The Morgan fingerprint density at radius 1 is 1.39 bits per heavy atom. The van der Waals surface area contributed by atoms with E-state index in [0.29, 0.717) is 23.1 Å². The van der Waals surface area contributed by atoms with Gasteiger partial charge in [-0.3, -0.25) is 9.48 Å². The van der Waals surface area contributed by atoms with Crippen LogP contribution in [0.4, 0.5) is 13.2 Å². The number of aromatic nitrogens is 2. The molecule has 1 aromatic heterocycles. The predicted octanol–water partition coefficient (Wildman–Crippen LogP) is 3.29. The molecule has 3 nitrogen and oxygen atoms in total. The van der Waals surface area contributed by atoms with Gasteiger partial charge < -0.3 is 0 Å². The van der Waals surface area contributed by atoms with Crippen molar-refractivity contribution in [2.45, 2.75) is 45.8 Å². The highest BCUT2D eigenvalue weighted by molar-refractivity contribution is 9.10. The molecule has 0 unspecified atom stereocenters. The van der Waals surface area contributed by atoms with Crippen molar-refractivity contribution in [1.82, 2.24) is 9.78 Å². The lowest BCUT2D eigenvalue weighted by molar-refractivity contribution is -0.151. The summed E-state index contributed by atoms with van der Waals surface area (Å²) in [5.74, 6) is -0.847. The number of hydrogen-bond donors (Lipinski definition) is 0. The van der Waals surface area contributed by atoms with E-state index in [-0.39, 0.29) is 6.42 Å². The third kappa shape index (κ3) is 3.83. The van der Waals surface area contributed by atoms with Crippen LogP contribution < -0.4 is 0 Å². The molecule has 1 heterocycles. The van der Waals surface area contributed by atoms with E-state index in [1.54, 1.807) is 4.68 Å². The van der Waals surface area contributed by atoms with Crippen LogP contribution in [-0.4, -0.2) is 21.7 Å². The van der Waals surface area contributed by atoms with E-state index in [9.17, 15) is 18.0 Å². The highest BCUT2D eigenvalue weighted by Crippen LogP contribution is 2.25. The van der Waals surface area contributed by atoms with Crippen molar-refractivity contribution in [3.05, 3.63) is 15.9 Å². The highest BCUT2D eigenvalue weighted by Gasteiger charge is 2.31. The first-order chi connectivity index (χ1) is 8.28. The van der Waals surface area contributed by atoms with Crippen molar-refractivity contribution < 1.29 is 18.0 Å². The second-order valence-electron chi connectivity index (χ2n) is 3.88. The third-order valence-electron chi connectivity index (χ3n) is 2.46. The Balaban J connectivity index is 2.90. The summed E-state index contributed by atoms with van der Waals surface area (Å²) < 4.78 is 38.5. The minimum absolute atomic E-state index is 0.249. The summed E-state index contributed by atoms with van der Waals surface area (Å²) in [6.45, 7) is 4.25. The molecule has 0 aliphatic rings. The topological polar surface area (TPSA) is 34.9 Å². The molecular weight excluding hydrogens is 313 g/mol. The van der Waals surface area contributed by atoms with Crippen molar-refractivity contribution >= 4 is 21.7 Å². The van der Waals surface area contributed by atoms with E-state index in [0.717, 1.165) is 5.69 Å². The Morgan fingerprint density at radius 3 is 2.44 bits per heavy atom. The van der Waals surface area contributed by atoms with Crippen LogP contribution in [-0.2, 0) is 24.2 Å². The molecule has 0 bridgehead atoms. The number of alkyl halides is 3. The molecule has 0 N–H and O–H groups in total. The van der Waals surface area contributed by atoms with Crippen LogP contribution in [0.1, 0.15) is 31.7 Å². The number of ketones is 1. The normalized spacial score (nSPS) is 11.9. The molecule has 0 aromatic carbocycles. The molecule has 0 fully saturated rings. The smallest absolute Gasteiger partial charge is 0.299 e. The minimum Gasteiger partial charge on any atom is -0.299 e. The second kappa shape index (κ2) is 5.86. The Labute approximate surface area is 111 Å². The van der Waals surface area contributed by atoms with Gasteiger partial charge >= 0.3 is 6.18 Å². The maximum absolute atomic E-state index is 12.1. The molecule has 1 rings (SSSR count). The van der Waals surface area contributed by atoms with Crippen LogP contribution in [0, 0.1) is 0 Å². The van der Waals surface area contributed by atoms with Crippen LogP contribution in [0.3, 0.4) is 0 Å². The summed E-state index contributed by atoms with van der Waals surface area (Å²) in [7, 11) is 0. The maximum Gasteiger partial charge on any atom is 0.395 e. The molecule has 0 spiro atoms. The lowest BCUT2D eigenvalue weighted by Gasteiger charge is -2.07. The van der Waals surface area contributed by atoms with Gasteiger partial charge in [0.05, 0.1) is 15.9 Å². The predicted molar refractivity (Wildman–Crippen MR) is 64.4 cm³/mol. The summed E-state index contributed by atoms with van der Waals surface area (Å²) in [4.78, 5) is 11.4.